The fraction of sp³-hybridized carbons (Fsp3) is 0.360. The number of nitrogens with one attached hydrogen (secondary N) is 1. The van der Waals surface area contributed by atoms with E-state index in [4.69, 9.17) is 0 Å². The molecule has 1 fully saturated rings. The van der Waals surface area contributed by atoms with Crippen LogP contribution < -0.4 is 10.9 Å². The van der Waals surface area contributed by atoms with Crippen molar-refractivity contribution in [2.45, 2.75) is 26.4 Å². The van der Waals surface area contributed by atoms with Crippen LogP contribution in [0.3, 0.4) is 0 Å². The number of carbonyl (C=O) groups excluding carboxylic acids is 2. The highest BCUT2D eigenvalue weighted by Gasteiger charge is 2.22. The average molecular weight is 448 g/mol. The summed E-state index contributed by atoms with van der Waals surface area (Å²) in [7, 11) is 0. The molecule has 8 heteroatoms. The van der Waals surface area contributed by atoms with Gasteiger partial charge in [0.1, 0.15) is 0 Å². The van der Waals surface area contributed by atoms with Gasteiger partial charge in [0, 0.05) is 45.7 Å². The second-order valence-electron chi connectivity index (χ2n) is 8.38. The lowest BCUT2D eigenvalue weighted by molar-refractivity contribution is -0.133. The number of para-hydroxylation sites is 1. The molecule has 8 nitrogen and oxygen atoms in total. The van der Waals surface area contributed by atoms with Crippen molar-refractivity contribution in [1.82, 2.24) is 24.7 Å². The fourth-order valence-electron chi connectivity index (χ4n) is 4.08. The Morgan fingerprint density at radius 3 is 2.52 bits per heavy atom. The molecule has 0 spiro atoms. The second kappa shape index (κ2) is 10.4. The fourth-order valence-corrected chi connectivity index (χ4v) is 4.08. The van der Waals surface area contributed by atoms with Crippen molar-refractivity contribution in [3.05, 3.63) is 76.3 Å². The van der Waals surface area contributed by atoms with Gasteiger partial charge in [0.15, 0.2) is 0 Å². The number of amides is 2. The van der Waals surface area contributed by atoms with Crippen LogP contribution in [0.4, 0.5) is 0 Å². The van der Waals surface area contributed by atoms with E-state index in [-0.39, 0.29) is 23.8 Å². The van der Waals surface area contributed by atoms with Crippen LogP contribution in [0.2, 0.25) is 0 Å². The molecule has 1 aromatic heterocycles. The van der Waals surface area contributed by atoms with E-state index in [1.807, 2.05) is 54.3 Å². The Kier molecular flexibility index (Phi) is 7.14. The summed E-state index contributed by atoms with van der Waals surface area (Å²) in [5.41, 5.74) is 2.61. The molecule has 0 atom stereocenters. The summed E-state index contributed by atoms with van der Waals surface area (Å²) in [5, 5.41) is 3.51. The summed E-state index contributed by atoms with van der Waals surface area (Å²) in [5.74, 6) is -0.00327. The van der Waals surface area contributed by atoms with Crippen molar-refractivity contribution in [3.63, 3.8) is 0 Å². The SMILES string of the molecule is Cc1cccc2c(=O)n(CCC(=O)N3CCN(CC(=O)NCc4ccccc4)CC3)cnc12. The van der Waals surface area contributed by atoms with E-state index in [2.05, 4.69) is 15.2 Å². The Labute approximate surface area is 192 Å². The number of aryl methyl sites for hydroxylation is 2. The van der Waals surface area contributed by atoms with Gasteiger partial charge in [-0.15, -0.1) is 0 Å². The van der Waals surface area contributed by atoms with Crippen LogP contribution >= 0.6 is 0 Å². The van der Waals surface area contributed by atoms with Gasteiger partial charge in [0.2, 0.25) is 11.8 Å². The predicted octanol–water partition coefficient (Wildman–Crippen LogP) is 1.56. The monoisotopic (exact) mass is 447 g/mol. The molecule has 33 heavy (non-hydrogen) atoms. The number of piperazine rings is 1. The largest absolute Gasteiger partial charge is 0.351 e. The first kappa shape index (κ1) is 22.7. The third-order valence-electron chi connectivity index (χ3n) is 6.05. The van der Waals surface area contributed by atoms with Crippen molar-refractivity contribution >= 4 is 22.7 Å². The molecule has 0 aliphatic carbocycles. The smallest absolute Gasteiger partial charge is 0.261 e. The normalized spacial score (nSPS) is 14.4. The summed E-state index contributed by atoms with van der Waals surface area (Å²) < 4.78 is 1.51. The minimum atomic E-state index is -0.122. The van der Waals surface area contributed by atoms with E-state index < -0.39 is 0 Å². The maximum absolute atomic E-state index is 12.7. The first-order chi connectivity index (χ1) is 16.0. The zero-order valence-corrected chi connectivity index (χ0v) is 18.9. The van der Waals surface area contributed by atoms with Crippen molar-refractivity contribution < 1.29 is 9.59 Å². The van der Waals surface area contributed by atoms with E-state index in [1.165, 1.54) is 10.9 Å². The summed E-state index contributed by atoms with van der Waals surface area (Å²) in [6.45, 7) is 5.53. The number of hydrogen-bond acceptors (Lipinski definition) is 5. The van der Waals surface area contributed by atoms with E-state index >= 15 is 0 Å². The van der Waals surface area contributed by atoms with Crippen LogP contribution in [0.15, 0.2) is 59.7 Å². The third kappa shape index (κ3) is 5.64. The minimum absolute atomic E-state index is 0.0134. The number of aromatic nitrogens is 2. The number of carbonyl (C=O) groups is 2. The van der Waals surface area contributed by atoms with Gasteiger partial charge in [0.05, 0.1) is 23.8 Å². The molecule has 2 amide bonds. The lowest BCUT2D eigenvalue weighted by Crippen LogP contribution is -2.51. The van der Waals surface area contributed by atoms with Crippen molar-refractivity contribution in [1.29, 1.82) is 0 Å². The molecule has 4 rings (SSSR count). The summed E-state index contributed by atoms with van der Waals surface area (Å²) in [6, 6.07) is 15.3. The van der Waals surface area contributed by atoms with Crippen LogP contribution in [-0.2, 0) is 22.7 Å². The van der Waals surface area contributed by atoms with E-state index in [9.17, 15) is 14.4 Å². The van der Waals surface area contributed by atoms with Gasteiger partial charge in [-0.1, -0.05) is 42.5 Å². The molecule has 1 N–H and O–H groups in total. The molecular weight excluding hydrogens is 418 g/mol. The van der Waals surface area contributed by atoms with Gasteiger partial charge in [-0.25, -0.2) is 4.98 Å². The lowest BCUT2D eigenvalue weighted by atomic mass is 10.1. The number of benzene rings is 2. The lowest BCUT2D eigenvalue weighted by Gasteiger charge is -2.34. The topological polar surface area (TPSA) is 87.5 Å². The maximum Gasteiger partial charge on any atom is 0.261 e. The minimum Gasteiger partial charge on any atom is -0.351 e. The highest BCUT2D eigenvalue weighted by atomic mass is 16.2. The zero-order valence-electron chi connectivity index (χ0n) is 18.9. The number of nitrogens with zero attached hydrogens (tertiary/aromatic N) is 4. The average Bonchev–Trinajstić information content (AvgIpc) is 2.84. The van der Waals surface area contributed by atoms with Crippen molar-refractivity contribution in [3.8, 4) is 0 Å². The van der Waals surface area contributed by atoms with Crippen LogP contribution in [0, 0.1) is 6.92 Å². The third-order valence-corrected chi connectivity index (χ3v) is 6.05. The van der Waals surface area contributed by atoms with Gasteiger partial charge in [0.25, 0.3) is 5.56 Å². The molecule has 3 aromatic rings. The van der Waals surface area contributed by atoms with E-state index in [0.29, 0.717) is 56.7 Å². The van der Waals surface area contributed by atoms with Crippen LogP contribution in [-0.4, -0.2) is 63.9 Å². The van der Waals surface area contributed by atoms with Gasteiger partial charge in [-0.3, -0.25) is 23.9 Å². The Morgan fingerprint density at radius 1 is 1.00 bits per heavy atom. The molecular formula is C25H29N5O3. The molecule has 2 aromatic carbocycles. The Balaban J connectivity index is 1.23. The van der Waals surface area contributed by atoms with Crippen LogP contribution in [0.1, 0.15) is 17.5 Å². The first-order valence-corrected chi connectivity index (χ1v) is 11.3. The Bertz CT molecular complexity index is 1180. The number of rotatable bonds is 7. The summed E-state index contributed by atoms with van der Waals surface area (Å²) >= 11 is 0. The summed E-state index contributed by atoms with van der Waals surface area (Å²) in [4.78, 5) is 45.9. The molecule has 2 heterocycles. The Morgan fingerprint density at radius 2 is 1.76 bits per heavy atom. The maximum atomic E-state index is 12.7. The highest BCUT2D eigenvalue weighted by Crippen LogP contribution is 2.11. The molecule has 1 saturated heterocycles. The molecule has 0 saturated carbocycles. The van der Waals surface area contributed by atoms with Gasteiger partial charge in [-0.05, 0) is 24.1 Å². The van der Waals surface area contributed by atoms with Crippen molar-refractivity contribution in [2.75, 3.05) is 32.7 Å². The standard InChI is InChI=1S/C25H29N5O3/c1-19-6-5-9-21-24(19)27-18-30(25(21)33)11-10-23(32)29-14-12-28(13-15-29)17-22(31)26-16-20-7-3-2-4-8-20/h2-9,18H,10-17H2,1H3,(H,26,31). The highest BCUT2D eigenvalue weighted by molar-refractivity contribution is 5.80. The van der Waals surface area contributed by atoms with E-state index in [0.717, 1.165) is 11.1 Å². The second-order valence-corrected chi connectivity index (χ2v) is 8.38. The number of hydrogen-bond donors (Lipinski definition) is 1. The molecule has 1 aliphatic heterocycles. The molecule has 0 radical (unpaired) electrons. The quantitative estimate of drug-likeness (QED) is 0.594. The predicted molar refractivity (Wildman–Crippen MR) is 127 cm³/mol. The zero-order chi connectivity index (χ0) is 23.2. The molecule has 0 unspecified atom stereocenters. The van der Waals surface area contributed by atoms with Gasteiger partial charge < -0.3 is 10.2 Å². The Hall–Kier alpha value is -3.52. The number of fused-ring (bicyclic) bond motifs is 1. The molecule has 172 valence electrons. The van der Waals surface area contributed by atoms with Crippen LogP contribution in [0.5, 0.6) is 0 Å². The molecule has 1 aliphatic rings. The molecule has 0 bridgehead atoms. The summed E-state index contributed by atoms with van der Waals surface area (Å²) in [6.07, 6.45) is 1.77. The van der Waals surface area contributed by atoms with Gasteiger partial charge in [-0.2, -0.15) is 0 Å². The van der Waals surface area contributed by atoms with Gasteiger partial charge >= 0.3 is 0 Å². The first-order valence-electron chi connectivity index (χ1n) is 11.3. The van der Waals surface area contributed by atoms with Crippen LogP contribution in [0.25, 0.3) is 10.9 Å². The van der Waals surface area contributed by atoms with E-state index in [1.54, 1.807) is 6.07 Å². The van der Waals surface area contributed by atoms with Crippen molar-refractivity contribution in [2.24, 2.45) is 0 Å².